The number of hydrogen-bond donors (Lipinski definition) is 0. The molecule has 1 saturated heterocycles. The molecule has 7 nitrogen and oxygen atoms in total. The lowest BCUT2D eigenvalue weighted by molar-refractivity contribution is -0.137. The maximum Gasteiger partial charge on any atom is 0.338 e. The van der Waals surface area contributed by atoms with Gasteiger partial charge in [0.2, 0.25) is 10.0 Å². The SMILES string of the molecule is C[C@@H]1Cc2cc(C(=O)OCC(=O)N3CCCC[C@@H]3C)ccc2N1S(C)(=O)=O. The van der Waals surface area contributed by atoms with E-state index in [1.54, 1.807) is 23.1 Å². The van der Waals surface area contributed by atoms with E-state index in [2.05, 4.69) is 0 Å². The summed E-state index contributed by atoms with van der Waals surface area (Å²) in [6.45, 7) is 4.27. The summed E-state index contributed by atoms with van der Waals surface area (Å²) in [5, 5.41) is 0. The number of ether oxygens (including phenoxy) is 1. The smallest absolute Gasteiger partial charge is 0.338 e. The first-order valence-electron chi connectivity index (χ1n) is 9.27. The molecule has 0 unspecified atom stereocenters. The number of hydrogen-bond acceptors (Lipinski definition) is 5. The van der Waals surface area contributed by atoms with Gasteiger partial charge in [0.1, 0.15) is 0 Å². The van der Waals surface area contributed by atoms with Crippen LogP contribution in [0, 0.1) is 0 Å². The first-order valence-corrected chi connectivity index (χ1v) is 11.1. The van der Waals surface area contributed by atoms with Crippen LogP contribution in [0.3, 0.4) is 0 Å². The summed E-state index contributed by atoms with van der Waals surface area (Å²) < 4.78 is 30.5. The fourth-order valence-electron chi connectivity index (χ4n) is 4.00. The molecule has 1 aromatic carbocycles. The van der Waals surface area contributed by atoms with Gasteiger partial charge in [-0.25, -0.2) is 13.2 Å². The highest BCUT2D eigenvalue weighted by molar-refractivity contribution is 7.92. The van der Waals surface area contributed by atoms with Crippen molar-refractivity contribution in [2.45, 2.75) is 51.6 Å². The zero-order valence-corrected chi connectivity index (χ0v) is 16.8. The van der Waals surface area contributed by atoms with E-state index in [4.69, 9.17) is 4.74 Å². The summed E-state index contributed by atoms with van der Waals surface area (Å²) in [5.41, 5.74) is 1.72. The number of sulfonamides is 1. The lowest BCUT2D eigenvalue weighted by atomic mass is 10.0. The third-order valence-electron chi connectivity index (χ3n) is 5.28. The van der Waals surface area contributed by atoms with Crippen molar-refractivity contribution >= 4 is 27.6 Å². The molecule has 0 bridgehead atoms. The molecule has 2 aliphatic heterocycles. The number of amides is 1. The largest absolute Gasteiger partial charge is 0.452 e. The van der Waals surface area contributed by atoms with Gasteiger partial charge in [0.25, 0.3) is 5.91 Å². The summed E-state index contributed by atoms with van der Waals surface area (Å²) in [6.07, 6.45) is 4.77. The molecule has 1 fully saturated rings. The van der Waals surface area contributed by atoms with Gasteiger partial charge in [-0.15, -0.1) is 0 Å². The predicted octanol–water partition coefficient (Wildman–Crippen LogP) is 1.96. The molecular weight excluding hydrogens is 368 g/mol. The van der Waals surface area contributed by atoms with Gasteiger partial charge in [-0.3, -0.25) is 9.10 Å². The zero-order chi connectivity index (χ0) is 19.8. The van der Waals surface area contributed by atoms with Crippen molar-refractivity contribution in [3.05, 3.63) is 29.3 Å². The Bertz CT molecular complexity index is 852. The molecule has 1 amide bonds. The summed E-state index contributed by atoms with van der Waals surface area (Å²) in [6, 6.07) is 4.82. The molecule has 0 radical (unpaired) electrons. The van der Waals surface area contributed by atoms with Gasteiger partial charge in [0.15, 0.2) is 6.61 Å². The van der Waals surface area contributed by atoms with Crippen molar-refractivity contribution in [2.75, 3.05) is 23.7 Å². The average molecular weight is 394 g/mol. The zero-order valence-electron chi connectivity index (χ0n) is 16.0. The Morgan fingerprint density at radius 3 is 2.59 bits per heavy atom. The Labute approximate surface area is 160 Å². The lowest BCUT2D eigenvalue weighted by Gasteiger charge is -2.33. The molecule has 0 aliphatic carbocycles. The van der Waals surface area contributed by atoms with Gasteiger partial charge in [0, 0.05) is 18.6 Å². The second-order valence-electron chi connectivity index (χ2n) is 7.46. The Morgan fingerprint density at radius 1 is 1.19 bits per heavy atom. The number of rotatable bonds is 4. The summed E-state index contributed by atoms with van der Waals surface area (Å²) in [5.74, 6) is -0.741. The van der Waals surface area contributed by atoms with Crippen LogP contribution in [0.5, 0.6) is 0 Å². The van der Waals surface area contributed by atoms with Crippen molar-refractivity contribution in [3.63, 3.8) is 0 Å². The number of fused-ring (bicyclic) bond motifs is 1. The van der Waals surface area contributed by atoms with Crippen LogP contribution in [0.1, 0.15) is 49.0 Å². The van der Waals surface area contributed by atoms with Crippen LogP contribution < -0.4 is 4.31 Å². The van der Waals surface area contributed by atoms with E-state index in [-0.39, 0.29) is 24.6 Å². The molecular formula is C19H26N2O5S. The lowest BCUT2D eigenvalue weighted by Crippen LogP contribution is -2.44. The van der Waals surface area contributed by atoms with E-state index >= 15 is 0 Å². The van der Waals surface area contributed by atoms with Crippen LogP contribution in [0.15, 0.2) is 18.2 Å². The maximum atomic E-state index is 12.3. The normalized spacial score (nSPS) is 22.5. The topological polar surface area (TPSA) is 84.0 Å². The number of esters is 1. The van der Waals surface area contributed by atoms with Crippen LogP contribution in [0.2, 0.25) is 0 Å². The molecule has 0 N–H and O–H groups in total. The Balaban J connectivity index is 1.67. The van der Waals surface area contributed by atoms with Crippen molar-refractivity contribution in [3.8, 4) is 0 Å². The highest BCUT2D eigenvalue weighted by Crippen LogP contribution is 2.34. The minimum Gasteiger partial charge on any atom is -0.452 e. The number of piperidine rings is 1. The first-order chi connectivity index (χ1) is 12.7. The van der Waals surface area contributed by atoms with E-state index in [9.17, 15) is 18.0 Å². The Morgan fingerprint density at radius 2 is 1.93 bits per heavy atom. The van der Waals surface area contributed by atoms with Crippen LogP contribution in [-0.2, 0) is 26.0 Å². The Kier molecular flexibility index (Phi) is 5.46. The van der Waals surface area contributed by atoms with E-state index in [1.165, 1.54) is 10.6 Å². The second-order valence-corrected chi connectivity index (χ2v) is 9.32. The standard InChI is InChI=1S/C19H26N2O5S/c1-13-6-4-5-9-20(13)18(22)12-26-19(23)15-7-8-17-16(11-15)10-14(2)21(17)27(3,24)25/h7-8,11,13-14H,4-6,9-10,12H2,1-3H3/t13-,14+/m0/s1. The van der Waals surface area contributed by atoms with Crippen molar-refractivity contribution in [1.29, 1.82) is 0 Å². The summed E-state index contributed by atoms with van der Waals surface area (Å²) >= 11 is 0. The van der Waals surface area contributed by atoms with E-state index in [0.29, 0.717) is 24.2 Å². The summed E-state index contributed by atoms with van der Waals surface area (Å²) in [7, 11) is -3.37. The molecule has 27 heavy (non-hydrogen) atoms. The molecule has 2 atom stereocenters. The minimum absolute atomic E-state index is 0.173. The first kappa shape index (κ1) is 19.7. The maximum absolute atomic E-state index is 12.3. The molecule has 8 heteroatoms. The van der Waals surface area contributed by atoms with E-state index in [1.807, 2.05) is 13.8 Å². The highest BCUT2D eigenvalue weighted by Gasteiger charge is 2.33. The molecule has 2 aliphatic rings. The van der Waals surface area contributed by atoms with Crippen LogP contribution in [0.4, 0.5) is 5.69 Å². The molecule has 0 saturated carbocycles. The Hall–Kier alpha value is -2.09. The molecule has 1 aromatic rings. The van der Waals surface area contributed by atoms with Crippen LogP contribution >= 0.6 is 0 Å². The summed E-state index contributed by atoms with van der Waals surface area (Å²) in [4.78, 5) is 26.4. The third kappa shape index (κ3) is 4.10. The fourth-order valence-corrected chi connectivity index (χ4v) is 5.26. The van der Waals surface area contributed by atoms with Gasteiger partial charge >= 0.3 is 5.97 Å². The van der Waals surface area contributed by atoms with E-state index in [0.717, 1.165) is 24.8 Å². The van der Waals surface area contributed by atoms with Crippen molar-refractivity contribution < 1.29 is 22.7 Å². The van der Waals surface area contributed by atoms with Gasteiger partial charge in [-0.1, -0.05) is 0 Å². The number of anilines is 1. The van der Waals surface area contributed by atoms with Crippen LogP contribution in [0.25, 0.3) is 0 Å². The average Bonchev–Trinajstić information content (AvgIpc) is 2.94. The highest BCUT2D eigenvalue weighted by atomic mass is 32.2. The predicted molar refractivity (Wildman–Crippen MR) is 102 cm³/mol. The molecule has 148 valence electrons. The van der Waals surface area contributed by atoms with Gasteiger partial charge in [-0.05, 0) is 63.3 Å². The number of nitrogens with zero attached hydrogens (tertiary/aromatic N) is 2. The fraction of sp³-hybridized carbons (Fsp3) is 0.579. The second kappa shape index (κ2) is 7.50. The molecule has 0 spiro atoms. The van der Waals surface area contributed by atoms with Crippen molar-refractivity contribution in [2.24, 2.45) is 0 Å². The molecule has 3 rings (SSSR count). The molecule has 2 heterocycles. The minimum atomic E-state index is -3.37. The quantitative estimate of drug-likeness (QED) is 0.729. The van der Waals surface area contributed by atoms with Gasteiger partial charge in [-0.2, -0.15) is 0 Å². The van der Waals surface area contributed by atoms with Crippen LogP contribution in [-0.4, -0.2) is 56.7 Å². The van der Waals surface area contributed by atoms with Gasteiger partial charge < -0.3 is 9.64 Å². The van der Waals surface area contributed by atoms with Gasteiger partial charge in [0.05, 0.1) is 17.5 Å². The number of likely N-dealkylation sites (tertiary alicyclic amines) is 1. The monoisotopic (exact) mass is 394 g/mol. The number of carbonyl (C=O) groups excluding carboxylic acids is 2. The third-order valence-corrected chi connectivity index (χ3v) is 6.55. The number of benzene rings is 1. The molecule has 0 aromatic heterocycles. The number of carbonyl (C=O) groups is 2. The van der Waals surface area contributed by atoms with E-state index < -0.39 is 16.0 Å². The van der Waals surface area contributed by atoms with Crippen molar-refractivity contribution in [1.82, 2.24) is 4.90 Å².